The Hall–Kier alpha value is -1.36. The normalized spacial score (nSPS) is 24.0. The first-order valence-electron chi connectivity index (χ1n) is 10.3. The molecule has 2 heterocycles. The van der Waals surface area contributed by atoms with Crippen molar-refractivity contribution in [3.8, 4) is 5.88 Å². The minimum Gasteiger partial charge on any atom is -0.477 e. The summed E-state index contributed by atoms with van der Waals surface area (Å²) in [7, 11) is 0. The van der Waals surface area contributed by atoms with Gasteiger partial charge in [-0.2, -0.15) is 0 Å². The zero-order valence-corrected chi connectivity index (χ0v) is 15.4. The van der Waals surface area contributed by atoms with Crippen molar-refractivity contribution < 1.29 is 4.74 Å². The Labute approximate surface area is 151 Å². The van der Waals surface area contributed by atoms with Crippen molar-refractivity contribution in [2.24, 2.45) is 5.92 Å². The second kappa shape index (κ2) is 7.90. The van der Waals surface area contributed by atoms with Crippen LogP contribution in [0.4, 0.5) is 5.82 Å². The fourth-order valence-electron chi connectivity index (χ4n) is 4.44. The molecular formula is C20H32N4O. The molecule has 5 nitrogen and oxygen atoms in total. The highest BCUT2D eigenvalue weighted by molar-refractivity contribution is 5.37. The summed E-state index contributed by atoms with van der Waals surface area (Å²) < 4.78 is 5.80. The third kappa shape index (κ3) is 4.43. The predicted molar refractivity (Wildman–Crippen MR) is 100.0 cm³/mol. The average Bonchev–Trinajstić information content (AvgIpc) is 3.51. The molecular weight excluding hydrogens is 312 g/mol. The van der Waals surface area contributed by atoms with E-state index in [9.17, 15) is 0 Å². The Morgan fingerprint density at radius 2 is 1.80 bits per heavy atom. The van der Waals surface area contributed by atoms with Crippen molar-refractivity contribution in [1.82, 2.24) is 14.9 Å². The van der Waals surface area contributed by atoms with Crippen LogP contribution in [-0.2, 0) is 0 Å². The monoisotopic (exact) mass is 344 g/mol. The van der Waals surface area contributed by atoms with Crippen molar-refractivity contribution in [2.45, 2.75) is 69.7 Å². The highest BCUT2D eigenvalue weighted by Crippen LogP contribution is 2.36. The standard InChI is InChI=1S/C20H32N4O/c1-3-9-20(10-4-1,24-11-5-2-6-12-24)15-21-18-13-19(23-16-22-18)25-14-17-7-8-17/h13,16-17H,1-12,14-15H2,(H,21,22,23). The molecule has 1 N–H and O–H groups in total. The molecule has 5 heteroatoms. The molecule has 1 aliphatic heterocycles. The molecule has 2 saturated carbocycles. The number of hydrogen-bond acceptors (Lipinski definition) is 5. The van der Waals surface area contributed by atoms with Gasteiger partial charge in [0, 0.05) is 18.2 Å². The molecule has 138 valence electrons. The SMILES string of the molecule is c1nc(NCC2(N3CCCCC3)CCCCC2)cc(OCC2CC2)n1. The fourth-order valence-corrected chi connectivity index (χ4v) is 4.44. The lowest BCUT2D eigenvalue weighted by atomic mass is 9.79. The Balaban J connectivity index is 1.39. The van der Waals surface area contributed by atoms with Gasteiger partial charge >= 0.3 is 0 Å². The molecule has 3 fully saturated rings. The Kier molecular flexibility index (Phi) is 5.39. The molecule has 3 aliphatic rings. The van der Waals surface area contributed by atoms with E-state index in [1.54, 1.807) is 6.33 Å². The molecule has 0 unspecified atom stereocenters. The first-order valence-corrected chi connectivity index (χ1v) is 10.3. The average molecular weight is 345 g/mol. The van der Waals surface area contributed by atoms with Crippen LogP contribution >= 0.6 is 0 Å². The van der Waals surface area contributed by atoms with E-state index < -0.39 is 0 Å². The van der Waals surface area contributed by atoms with E-state index in [1.165, 1.54) is 77.3 Å². The van der Waals surface area contributed by atoms with E-state index in [4.69, 9.17) is 4.74 Å². The molecule has 1 aromatic heterocycles. The number of nitrogens with zero attached hydrogens (tertiary/aromatic N) is 3. The molecule has 0 bridgehead atoms. The molecule has 4 rings (SSSR count). The van der Waals surface area contributed by atoms with Gasteiger partial charge in [-0.05, 0) is 57.5 Å². The predicted octanol–water partition coefficient (Wildman–Crippen LogP) is 3.87. The van der Waals surface area contributed by atoms with Crippen LogP contribution in [0.2, 0.25) is 0 Å². The van der Waals surface area contributed by atoms with E-state index in [0.717, 1.165) is 24.9 Å². The van der Waals surface area contributed by atoms with Gasteiger partial charge in [0.2, 0.25) is 5.88 Å². The summed E-state index contributed by atoms with van der Waals surface area (Å²) in [5, 5.41) is 3.62. The summed E-state index contributed by atoms with van der Waals surface area (Å²) in [6, 6.07) is 1.97. The Bertz CT molecular complexity index is 548. The van der Waals surface area contributed by atoms with Crippen LogP contribution in [0.5, 0.6) is 5.88 Å². The number of piperidine rings is 1. The largest absolute Gasteiger partial charge is 0.477 e. The van der Waals surface area contributed by atoms with E-state index in [-0.39, 0.29) is 0 Å². The summed E-state index contributed by atoms with van der Waals surface area (Å²) in [4.78, 5) is 11.5. The van der Waals surface area contributed by atoms with E-state index in [2.05, 4.69) is 20.2 Å². The Morgan fingerprint density at radius 3 is 2.56 bits per heavy atom. The highest BCUT2D eigenvalue weighted by Gasteiger charge is 2.38. The third-order valence-electron chi connectivity index (χ3n) is 6.22. The zero-order chi connectivity index (χ0) is 17.0. The summed E-state index contributed by atoms with van der Waals surface area (Å²) in [5.41, 5.74) is 0.318. The van der Waals surface area contributed by atoms with Crippen LogP contribution in [-0.4, -0.2) is 46.6 Å². The number of aromatic nitrogens is 2. The van der Waals surface area contributed by atoms with Crippen LogP contribution in [0, 0.1) is 5.92 Å². The van der Waals surface area contributed by atoms with E-state index in [1.807, 2.05) is 6.07 Å². The van der Waals surface area contributed by atoms with Crippen LogP contribution in [0.25, 0.3) is 0 Å². The van der Waals surface area contributed by atoms with Gasteiger partial charge in [-0.1, -0.05) is 25.7 Å². The topological polar surface area (TPSA) is 50.3 Å². The lowest BCUT2D eigenvalue weighted by Gasteiger charge is -2.48. The first-order chi connectivity index (χ1) is 12.3. The maximum Gasteiger partial charge on any atom is 0.218 e. The summed E-state index contributed by atoms with van der Waals surface area (Å²) in [6.07, 6.45) is 15.1. The number of nitrogens with one attached hydrogen (secondary N) is 1. The molecule has 25 heavy (non-hydrogen) atoms. The molecule has 0 atom stereocenters. The van der Waals surface area contributed by atoms with Gasteiger partial charge in [0.25, 0.3) is 0 Å². The molecule has 1 aromatic rings. The minimum absolute atomic E-state index is 0.318. The third-order valence-corrected chi connectivity index (χ3v) is 6.22. The number of ether oxygens (including phenoxy) is 1. The van der Waals surface area contributed by atoms with Gasteiger partial charge in [0.15, 0.2) is 0 Å². The van der Waals surface area contributed by atoms with Gasteiger partial charge in [-0.3, -0.25) is 4.90 Å². The number of likely N-dealkylation sites (tertiary alicyclic amines) is 1. The summed E-state index contributed by atoms with van der Waals surface area (Å²) >= 11 is 0. The van der Waals surface area contributed by atoms with Crippen molar-refractivity contribution >= 4 is 5.82 Å². The summed E-state index contributed by atoms with van der Waals surface area (Å²) in [6.45, 7) is 4.32. The molecule has 0 spiro atoms. The van der Waals surface area contributed by atoms with Crippen LogP contribution < -0.4 is 10.1 Å². The lowest BCUT2D eigenvalue weighted by Crippen LogP contribution is -2.56. The summed E-state index contributed by atoms with van der Waals surface area (Å²) in [5.74, 6) is 2.36. The Morgan fingerprint density at radius 1 is 1.04 bits per heavy atom. The number of hydrogen-bond donors (Lipinski definition) is 1. The van der Waals surface area contributed by atoms with Gasteiger partial charge < -0.3 is 10.1 Å². The van der Waals surface area contributed by atoms with Gasteiger partial charge in [-0.15, -0.1) is 0 Å². The van der Waals surface area contributed by atoms with Crippen molar-refractivity contribution in [3.05, 3.63) is 12.4 Å². The second-order valence-corrected chi connectivity index (χ2v) is 8.18. The van der Waals surface area contributed by atoms with Crippen molar-refractivity contribution in [1.29, 1.82) is 0 Å². The van der Waals surface area contributed by atoms with Gasteiger partial charge in [0.1, 0.15) is 12.1 Å². The molecule has 2 aliphatic carbocycles. The smallest absolute Gasteiger partial charge is 0.218 e. The molecule has 0 aromatic carbocycles. The quantitative estimate of drug-likeness (QED) is 0.814. The zero-order valence-electron chi connectivity index (χ0n) is 15.4. The molecule has 0 amide bonds. The van der Waals surface area contributed by atoms with Gasteiger partial charge in [0.05, 0.1) is 6.61 Å². The highest BCUT2D eigenvalue weighted by atomic mass is 16.5. The number of anilines is 1. The minimum atomic E-state index is 0.318. The van der Waals surface area contributed by atoms with Crippen molar-refractivity contribution in [2.75, 3.05) is 31.6 Å². The van der Waals surface area contributed by atoms with E-state index >= 15 is 0 Å². The second-order valence-electron chi connectivity index (χ2n) is 8.18. The van der Waals surface area contributed by atoms with Crippen LogP contribution in [0.15, 0.2) is 12.4 Å². The number of rotatable bonds is 7. The maximum absolute atomic E-state index is 5.80. The van der Waals surface area contributed by atoms with Gasteiger partial charge in [-0.25, -0.2) is 9.97 Å². The lowest BCUT2D eigenvalue weighted by molar-refractivity contribution is 0.0437. The molecule has 1 saturated heterocycles. The fraction of sp³-hybridized carbons (Fsp3) is 0.800. The van der Waals surface area contributed by atoms with Crippen LogP contribution in [0.3, 0.4) is 0 Å². The van der Waals surface area contributed by atoms with Crippen LogP contribution in [0.1, 0.15) is 64.2 Å². The first kappa shape index (κ1) is 17.1. The molecule has 0 radical (unpaired) electrons. The van der Waals surface area contributed by atoms with Crippen molar-refractivity contribution in [3.63, 3.8) is 0 Å². The maximum atomic E-state index is 5.80. The van der Waals surface area contributed by atoms with E-state index in [0.29, 0.717) is 11.4 Å².